The normalized spacial score (nSPS) is 10.6. The zero-order valence-corrected chi connectivity index (χ0v) is 13.4. The molecule has 4 nitrogen and oxygen atoms in total. The number of benzene rings is 1. The Morgan fingerprint density at radius 1 is 1.45 bits per heavy atom. The molecule has 106 valence electrons. The smallest absolute Gasteiger partial charge is 0.168 e. The highest BCUT2D eigenvalue weighted by Crippen LogP contribution is 2.23. The number of carbonyl (C=O) groups is 1. The molecule has 0 aliphatic heterocycles. The van der Waals surface area contributed by atoms with Crippen molar-refractivity contribution in [1.29, 1.82) is 0 Å². The van der Waals surface area contributed by atoms with Gasteiger partial charge in [-0.25, -0.2) is 0 Å². The largest absolute Gasteiger partial charge is 0.497 e. The van der Waals surface area contributed by atoms with Crippen molar-refractivity contribution in [2.45, 2.75) is 26.8 Å². The Labute approximate surface area is 126 Å². The predicted octanol–water partition coefficient (Wildman–Crippen LogP) is 3.41. The molecule has 1 aromatic heterocycles. The standard InChI is InChI=1S/C15H17BrN2O2/c1-4-18-13(15(16)10(2)17-18)9-14(19)11-6-5-7-12(8-11)20-3/h5-8H,4,9H2,1-3H3. The number of methoxy groups -OCH3 is 1. The third kappa shape index (κ3) is 2.93. The van der Waals surface area contributed by atoms with Crippen LogP contribution in [0.3, 0.4) is 0 Å². The highest BCUT2D eigenvalue weighted by Gasteiger charge is 2.16. The maximum absolute atomic E-state index is 12.4. The van der Waals surface area contributed by atoms with Crippen molar-refractivity contribution in [3.8, 4) is 5.75 Å². The van der Waals surface area contributed by atoms with Crippen LogP contribution in [-0.4, -0.2) is 22.7 Å². The summed E-state index contributed by atoms with van der Waals surface area (Å²) >= 11 is 3.51. The summed E-state index contributed by atoms with van der Waals surface area (Å²) in [6, 6.07) is 7.21. The molecule has 5 heteroatoms. The molecule has 0 saturated carbocycles. The zero-order valence-electron chi connectivity index (χ0n) is 11.8. The van der Waals surface area contributed by atoms with E-state index in [0.29, 0.717) is 17.7 Å². The molecule has 0 bridgehead atoms. The van der Waals surface area contributed by atoms with Crippen LogP contribution in [0.25, 0.3) is 0 Å². The summed E-state index contributed by atoms with van der Waals surface area (Å²) in [5.41, 5.74) is 2.47. The number of halogens is 1. The molecule has 1 aromatic carbocycles. The van der Waals surface area contributed by atoms with Crippen LogP contribution in [0.15, 0.2) is 28.7 Å². The molecular formula is C15H17BrN2O2. The van der Waals surface area contributed by atoms with Crippen LogP contribution in [0.5, 0.6) is 5.75 Å². The predicted molar refractivity (Wildman–Crippen MR) is 81.4 cm³/mol. The highest BCUT2D eigenvalue weighted by molar-refractivity contribution is 9.10. The molecule has 2 aromatic rings. The van der Waals surface area contributed by atoms with E-state index in [1.807, 2.05) is 30.7 Å². The van der Waals surface area contributed by atoms with Crippen molar-refractivity contribution in [2.75, 3.05) is 7.11 Å². The van der Waals surface area contributed by atoms with Gasteiger partial charge in [0.25, 0.3) is 0 Å². The molecule has 1 heterocycles. The monoisotopic (exact) mass is 336 g/mol. The molecule has 0 unspecified atom stereocenters. The quantitative estimate of drug-likeness (QED) is 0.786. The Balaban J connectivity index is 2.27. The van der Waals surface area contributed by atoms with E-state index >= 15 is 0 Å². The number of nitrogens with zero attached hydrogens (tertiary/aromatic N) is 2. The Morgan fingerprint density at radius 3 is 2.85 bits per heavy atom. The van der Waals surface area contributed by atoms with E-state index < -0.39 is 0 Å². The van der Waals surface area contributed by atoms with Crippen LogP contribution < -0.4 is 4.74 Å². The van der Waals surface area contributed by atoms with Crippen molar-refractivity contribution < 1.29 is 9.53 Å². The SMILES string of the molecule is CCn1nc(C)c(Br)c1CC(=O)c1cccc(OC)c1. The molecule has 20 heavy (non-hydrogen) atoms. The summed E-state index contributed by atoms with van der Waals surface area (Å²) in [5, 5.41) is 4.40. The number of ketones is 1. The van der Waals surface area contributed by atoms with Gasteiger partial charge in [0.2, 0.25) is 0 Å². The summed E-state index contributed by atoms with van der Waals surface area (Å²) in [5.74, 6) is 0.745. The second kappa shape index (κ2) is 6.22. The van der Waals surface area contributed by atoms with Gasteiger partial charge in [-0.1, -0.05) is 12.1 Å². The molecule has 0 spiro atoms. The second-order valence-electron chi connectivity index (χ2n) is 4.49. The van der Waals surface area contributed by atoms with E-state index in [9.17, 15) is 4.79 Å². The summed E-state index contributed by atoms with van der Waals surface area (Å²) < 4.78 is 7.92. The molecule has 0 aliphatic carbocycles. The number of Topliss-reactive ketones (excluding diaryl/α,β-unsaturated/α-hetero) is 1. The van der Waals surface area contributed by atoms with E-state index in [1.165, 1.54) is 0 Å². The number of hydrogen-bond donors (Lipinski definition) is 0. The van der Waals surface area contributed by atoms with E-state index in [2.05, 4.69) is 21.0 Å². The van der Waals surface area contributed by atoms with Gasteiger partial charge in [0.05, 0.1) is 29.4 Å². The number of hydrogen-bond acceptors (Lipinski definition) is 3. The van der Waals surface area contributed by atoms with Gasteiger partial charge in [0.15, 0.2) is 5.78 Å². The summed E-state index contributed by atoms with van der Waals surface area (Å²) in [7, 11) is 1.59. The lowest BCUT2D eigenvalue weighted by molar-refractivity contribution is 0.0990. The maximum Gasteiger partial charge on any atom is 0.168 e. The number of rotatable bonds is 5. The minimum absolute atomic E-state index is 0.0548. The Kier molecular flexibility index (Phi) is 4.60. The molecule has 0 aliphatic rings. The second-order valence-corrected chi connectivity index (χ2v) is 5.29. The average molecular weight is 337 g/mol. The molecule has 0 atom stereocenters. The van der Waals surface area contributed by atoms with Crippen LogP contribution >= 0.6 is 15.9 Å². The highest BCUT2D eigenvalue weighted by atomic mass is 79.9. The molecule has 0 radical (unpaired) electrons. The number of aromatic nitrogens is 2. The minimum Gasteiger partial charge on any atom is -0.497 e. The first kappa shape index (κ1) is 14.8. The number of aryl methyl sites for hydroxylation is 2. The van der Waals surface area contributed by atoms with Crippen LogP contribution in [0.4, 0.5) is 0 Å². The zero-order chi connectivity index (χ0) is 14.7. The lowest BCUT2D eigenvalue weighted by Crippen LogP contribution is -2.10. The third-order valence-electron chi connectivity index (χ3n) is 3.17. The van der Waals surface area contributed by atoms with Gasteiger partial charge in [-0.15, -0.1) is 0 Å². The van der Waals surface area contributed by atoms with Crippen molar-refractivity contribution >= 4 is 21.7 Å². The molecular weight excluding hydrogens is 320 g/mol. The molecule has 0 amide bonds. The van der Waals surface area contributed by atoms with Crippen molar-refractivity contribution in [1.82, 2.24) is 9.78 Å². The van der Waals surface area contributed by atoms with Crippen LogP contribution in [0, 0.1) is 6.92 Å². The average Bonchev–Trinajstić information content (AvgIpc) is 2.75. The van der Waals surface area contributed by atoms with Gasteiger partial charge in [0, 0.05) is 12.1 Å². The van der Waals surface area contributed by atoms with Crippen molar-refractivity contribution in [3.05, 3.63) is 45.7 Å². The summed E-state index contributed by atoms with van der Waals surface area (Å²) in [6.45, 7) is 4.68. The lowest BCUT2D eigenvalue weighted by atomic mass is 10.1. The Morgan fingerprint density at radius 2 is 2.20 bits per heavy atom. The minimum atomic E-state index is 0.0548. The van der Waals surface area contributed by atoms with E-state index in [0.717, 1.165) is 22.4 Å². The summed E-state index contributed by atoms with van der Waals surface area (Å²) in [4.78, 5) is 12.4. The fourth-order valence-corrected chi connectivity index (χ4v) is 2.51. The first-order chi connectivity index (χ1) is 9.56. The van der Waals surface area contributed by atoms with E-state index in [4.69, 9.17) is 4.74 Å². The van der Waals surface area contributed by atoms with E-state index in [1.54, 1.807) is 19.2 Å². The first-order valence-electron chi connectivity index (χ1n) is 6.45. The van der Waals surface area contributed by atoms with Crippen molar-refractivity contribution in [2.24, 2.45) is 0 Å². The van der Waals surface area contributed by atoms with Gasteiger partial charge < -0.3 is 4.74 Å². The molecule has 2 rings (SSSR count). The van der Waals surface area contributed by atoms with Gasteiger partial charge in [-0.05, 0) is 41.9 Å². The maximum atomic E-state index is 12.4. The molecule has 0 fully saturated rings. The van der Waals surface area contributed by atoms with Crippen LogP contribution in [-0.2, 0) is 13.0 Å². The first-order valence-corrected chi connectivity index (χ1v) is 7.25. The molecule has 0 N–H and O–H groups in total. The lowest BCUT2D eigenvalue weighted by Gasteiger charge is -2.06. The van der Waals surface area contributed by atoms with Crippen molar-refractivity contribution in [3.63, 3.8) is 0 Å². The topological polar surface area (TPSA) is 44.1 Å². The molecule has 0 saturated heterocycles. The van der Waals surface area contributed by atoms with Gasteiger partial charge in [-0.2, -0.15) is 5.10 Å². The third-order valence-corrected chi connectivity index (χ3v) is 4.20. The van der Waals surface area contributed by atoms with Crippen LogP contribution in [0.1, 0.15) is 28.7 Å². The Bertz CT molecular complexity index is 635. The van der Waals surface area contributed by atoms with Gasteiger partial charge >= 0.3 is 0 Å². The van der Waals surface area contributed by atoms with Crippen LogP contribution in [0.2, 0.25) is 0 Å². The van der Waals surface area contributed by atoms with Gasteiger partial charge in [0.1, 0.15) is 5.75 Å². The van der Waals surface area contributed by atoms with E-state index in [-0.39, 0.29) is 5.78 Å². The van der Waals surface area contributed by atoms with Gasteiger partial charge in [-0.3, -0.25) is 9.48 Å². The Hall–Kier alpha value is -1.62. The fourth-order valence-electron chi connectivity index (χ4n) is 2.09. The number of ether oxygens (including phenoxy) is 1. The summed E-state index contributed by atoms with van der Waals surface area (Å²) in [6.07, 6.45) is 0.322. The number of carbonyl (C=O) groups excluding carboxylic acids is 1. The fraction of sp³-hybridized carbons (Fsp3) is 0.333.